The molecule has 1 N–H and O–H groups in total. The first-order chi connectivity index (χ1) is 21.4. The minimum Gasteiger partial charge on any atom is -0.291 e. The number of hydrogen-bond donors (Lipinski definition) is 1. The summed E-state index contributed by atoms with van der Waals surface area (Å²) in [5.74, 6) is 0. The van der Waals surface area contributed by atoms with Crippen LogP contribution in [0.3, 0.4) is 0 Å². The maximum absolute atomic E-state index is 12.7. The number of rotatable bonds is 9. The number of phosphoric acid groups is 1. The molecule has 312 valence electrons. The molecule has 0 aliphatic heterocycles. The summed E-state index contributed by atoms with van der Waals surface area (Å²) in [7, 11) is -9.25. The maximum Gasteiger partial charge on any atom is 0.476 e. The van der Waals surface area contributed by atoms with Gasteiger partial charge in [-0.25, -0.2) is 14.2 Å². The SMILES string of the molecule is CC(C)(C)NP(=O)(OC(C)(C)C)OC(C)(C)C.CC(C)(C)OP(=O)(OC(C)(C)C)OC(C)(C)C.CC(C)(C)O[P+](C)(OC(C)(C)C)OC(C)(C)C. The van der Waals surface area contributed by atoms with Crippen molar-refractivity contribution in [3.63, 3.8) is 0 Å². The van der Waals surface area contributed by atoms with E-state index in [4.69, 9.17) is 36.2 Å². The zero-order valence-electron chi connectivity index (χ0n) is 38.4. The van der Waals surface area contributed by atoms with Crippen LogP contribution in [-0.4, -0.2) is 57.0 Å². The van der Waals surface area contributed by atoms with Gasteiger partial charge in [0.25, 0.3) is 0 Å². The Labute approximate surface area is 317 Å². The van der Waals surface area contributed by atoms with Crippen LogP contribution in [0.2, 0.25) is 0 Å². The van der Waals surface area contributed by atoms with E-state index in [-0.39, 0.29) is 22.3 Å². The third-order valence-electron chi connectivity index (χ3n) is 3.74. The molecule has 0 fully saturated rings. The molecule has 0 spiro atoms. The first-order valence-electron chi connectivity index (χ1n) is 17.9. The van der Waals surface area contributed by atoms with Crippen molar-refractivity contribution in [2.75, 3.05) is 6.66 Å². The van der Waals surface area contributed by atoms with E-state index in [2.05, 4.69) is 5.09 Å². The largest absolute Gasteiger partial charge is 0.476 e. The van der Waals surface area contributed by atoms with Crippen molar-refractivity contribution in [3.8, 4) is 0 Å². The minimum atomic E-state index is -3.58. The Morgan fingerprint density at radius 2 is 0.549 bits per heavy atom. The number of nitrogens with one attached hydrogen (secondary N) is 1. The van der Waals surface area contributed by atoms with E-state index in [0.717, 1.165) is 0 Å². The quantitative estimate of drug-likeness (QED) is 0.224. The predicted molar refractivity (Wildman–Crippen MR) is 218 cm³/mol. The zero-order chi connectivity index (χ0) is 42.4. The van der Waals surface area contributed by atoms with Gasteiger partial charge in [-0.1, -0.05) is 0 Å². The van der Waals surface area contributed by atoms with E-state index >= 15 is 0 Å². The third kappa shape index (κ3) is 40.0. The molecule has 0 aliphatic rings. The Kier molecular flexibility index (Phi) is 20.4. The monoisotopic (exact) mass is 797 g/mol. The summed E-state index contributed by atoms with van der Waals surface area (Å²) in [6, 6.07) is 0. The highest BCUT2D eigenvalue weighted by Crippen LogP contribution is 2.65. The number of hydrogen-bond acceptors (Lipinski definition) is 10. The smallest absolute Gasteiger partial charge is 0.291 e. The van der Waals surface area contributed by atoms with Gasteiger partial charge in [-0.05, 0) is 187 Å². The Hall–Kier alpha value is 0.530. The summed E-state index contributed by atoms with van der Waals surface area (Å²) < 4.78 is 71.1. The van der Waals surface area contributed by atoms with Gasteiger partial charge in [0, 0.05) is 5.54 Å². The van der Waals surface area contributed by atoms with E-state index in [1.165, 1.54) is 0 Å². The first kappa shape index (κ1) is 55.9. The number of phosphoric ester groups is 1. The summed E-state index contributed by atoms with van der Waals surface area (Å²) in [6.07, 6.45) is 0. The zero-order valence-corrected chi connectivity index (χ0v) is 41.1. The standard InChI is InChI=1S/C13H30O3P.C12H28NO3P.C12H27O4P/c1-11(2,3)14-17(10,15-12(4,5)6)16-13(7,8)9;1-10(2,3)13-17(14,15-11(4,5)6)16-12(7,8)9;1-10(2,3)14-17(13,15-11(4,5)6)16-12(7,8)9/h1-10H3;1-9H3,(H,13,14);1-9H3/q+1;;. The van der Waals surface area contributed by atoms with Gasteiger partial charge in [0.1, 0.15) is 23.5 Å². The molecule has 14 heteroatoms. The van der Waals surface area contributed by atoms with Gasteiger partial charge >= 0.3 is 23.5 Å². The summed E-state index contributed by atoms with van der Waals surface area (Å²) in [5, 5.41) is 2.96. The van der Waals surface area contributed by atoms with Crippen molar-refractivity contribution < 1.29 is 45.3 Å². The molecular formula is C37H85NO10P3+. The van der Waals surface area contributed by atoms with Crippen molar-refractivity contribution in [2.45, 2.75) is 237 Å². The highest BCUT2D eigenvalue weighted by atomic mass is 31.2. The van der Waals surface area contributed by atoms with Crippen molar-refractivity contribution in [3.05, 3.63) is 0 Å². The molecule has 0 rings (SSSR count). The summed E-state index contributed by atoms with van der Waals surface area (Å²) in [5.41, 5.74) is -4.01. The van der Waals surface area contributed by atoms with Crippen LogP contribution >= 0.6 is 23.5 Å². The Balaban J connectivity index is -0.000000678. The van der Waals surface area contributed by atoms with Gasteiger partial charge in [0.15, 0.2) is 0 Å². The predicted octanol–water partition coefficient (Wildman–Crippen LogP) is 13.5. The highest BCUT2D eigenvalue weighted by Gasteiger charge is 2.50. The van der Waals surface area contributed by atoms with Crippen LogP contribution < -0.4 is 5.09 Å². The van der Waals surface area contributed by atoms with Gasteiger partial charge in [-0.15, -0.1) is 0 Å². The van der Waals surface area contributed by atoms with Crippen LogP contribution in [0.1, 0.15) is 187 Å². The molecule has 0 radical (unpaired) electrons. The average molecular weight is 797 g/mol. The highest BCUT2D eigenvalue weighted by molar-refractivity contribution is 7.60. The molecule has 0 heterocycles. The molecule has 0 aromatic rings. The van der Waals surface area contributed by atoms with Crippen LogP contribution in [0.4, 0.5) is 0 Å². The first-order valence-corrected chi connectivity index (χ1v) is 22.9. The van der Waals surface area contributed by atoms with Crippen LogP contribution in [-0.2, 0) is 45.3 Å². The second-order valence-corrected chi connectivity index (χ2v) is 26.8. The van der Waals surface area contributed by atoms with Crippen molar-refractivity contribution >= 4 is 23.5 Å². The van der Waals surface area contributed by atoms with Gasteiger partial charge in [0.05, 0.1) is 28.0 Å². The van der Waals surface area contributed by atoms with Gasteiger partial charge in [-0.3, -0.25) is 22.6 Å². The molecular weight excluding hydrogens is 711 g/mol. The van der Waals surface area contributed by atoms with E-state index in [1.807, 2.05) is 194 Å². The van der Waals surface area contributed by atoms with Crippen LogP contribution in [0.5, 0.6) is 0 Å². The van der Waals surface area contributed by atoms with E-state index in [0.29, 0.717) is 0 Å². The normalized spacial score (nSPS) is 15.1. The topological polar surface area (TPSA) is 120 Å². The van der Waals surface area contributed by atoms with E-state index < -0.39 is 51.5 Å². The second-order valence-electron chi connectivity index (χ2n) is 21.7. The third-order valence-corrected chi connectivity index (χ3v) is 11.2. The molecule has 51 heavy (non-hydrogen) atoms. The van der Waals surface area contributed by atoms with Gasteiger partial charge in [0.2, 0.25) is 0 Å². The molecule has 0 aliphatic carbocycles. The lowest BCUT2D eigenvalue weighted by Gasteiger charge is -2.35. The summed E-state index contributed by atoms with van der Waals surface area (Å²) >= 11 is 0. The van der Waals surface area contributed by atoms with E-state index in [9.17, 15) is 9.13 Å². The Morgan fingerprint density at radius 3 is 0.686 bits per heavy atom. The lowest BCUT2D eigenvalue weighted by atomic mass is 10.1. The molecule has 0 atom stereocenters. The Morgan fingerprint density at radius 1 is 0.353 bits per heavy atom. The van der Waals surface area contributed by atoms with Crippen molar-refractivity contribution in [1.29, 1.82) is 0 Å². The summed E-state index contributed by atoms with van der Waals surface area (Å²) in [6.45, 7) is 53.4. The summed E-state index contributed by atoms with van der Waals surface area (Å²) in [4.78, 5) is 0. The van der Waals surface area contributed by atoms with Gasteiger partial charge < -0.3 is 0 Å². The molecule has 0 saturated carbocycles. The van der Waals surface area contributed by atoms with Gasteiger partial charge in [-0.2, -0.15) is 13.6 Å². The fraction of sp³-hybridized carbons (Fsp3) is 1.00. The Bertz CT molecular complexity index is 914. The molecule has 0 aromatic heterocycles. The molecule has 0 bridgehead atoms. The van der Waals surface area contributed by atoms with Crippen LogP contribution in [0.15, 0.2) is 0 Å². The molecule has 0 aromatic carbocycles. The van der Waals surface area contributed by atoms with Crippen LogP contribution in [0, 0.1) is 0 Å². The second kappa shape index (κ2) is 18.6. The fourth-order valence-electron chi connectivity index (χ4n) is 3.81. The van der Waals surface area contributed by atoms with E-state index in [1.54, 1.807) is 0 Å². The molecule has 0 unspecified atom stereocenters. The van der Waals surface area contributed by atoms with Crippen molar-refractivity contribution in [2.24, 2.45) is 0 Å². The fourth-order valence-corrected chi connectivity index (χ4v) is 11.4. The molecule has 0 saturated heterocycles. The molecule has 11 nitrogen and oxygen atoms in total. The van der Waals surface area contributed by atoms with Crippen LogP contribution in [0.25, 0.3) is 0 Å². The lowest BCUT2D eigenvalue weighted by Crippen LogP contribution is -2.38. The molecule has 0 amide bonds. The minimum absolute atomic E-state index is 0.279. The van der Waals surface area contributed by atoms with Crippen molar-refractivity contribution in [1.82, 2.24) is 5.09 Å². The average Bonchev–Trinajstić information content (AvgIpc) is 2.51. The maximum atomic E-state index is 12.7. The lowest BCUT2D eigenvalue weighted by molar-refractivity contribution is -0.0268.